The Morgan fingerprint density at radius 2 is 1.63 bits per heavy atom. The van der Waals surface area contributed by atoms with Crippen molar-refractivity contribution in [2.75, 3.05) is 19.6 Å². The normalized spacial score (nSPS) is 30.1. The summed E-state index contributed by atoms with van der Waals surface area (Å²) in [4.78, 5) is 15.4. The number of hydrogen-bond acceptors (Lipinski definition) is 3. The lowest BCUT2D eigenvalue weighted by Gasteiger charge is -2.46. The summed E-state index contributed by atoms with van der Waals surface area (Å²) < 4.78 is 0. The first kappa shape index (κ1) is 21.1. The van der Waals surface area contributed by atoms with E-state index in [1.54, 1.807) is 0 Å². The first-order chi connectivity index (χ1) is 12.7. The minimum atomic E-state index is 0.119. The Balaban J connectivity index is 1.44. The molecular formula is C23H43N3O. The fourth-order valence-corrected chi connectivity index (χ4v) is 6.30. The third-order valence-corrected chi connectivity index (χ3v) is 6.86. The van der Waals surface area contributed by atoms with Gasteiger partial charge >= 0.3 is 0 Å². The van der Waals surface area contributed by atoms with Crippen molar-refractivity contribution in [3.8, 4) is 0 Å². The zero-order valence-electron chi connectivity index (χ0n) is 18.3. The summed E-state index contributed by atoms with van der Waals surface area (Å²) in [6.45, 7) is 12.6. The van der Waals surface area contributed by atoms with E-state index in [1.807, 2.05) is 0 Å². The second-order valence-electron chi connectivity index (χ2n) is 11.0. The van der Waals surface area contributed by atoms with E-state index in [2.05, 4.69) is 43.2 Å². The lowest BCUT2D eigenvalue weighted by molar-refractivity contribution is -0.123. The van der Waals surface area contributed by atoms with Gasteiger partial charge in [-0.15, -0.1) is 0 Å². The standard InChI is InChI=1S/C23H43N3O/c1-22(2)14-19(15-23(3,4)25-22)13-21(27)24-20-11-8-12-26(17-20)16-18-9-6-5-7-10-18/h18-20,25H,5-17H2,1-4H3,(H,24,27). The maximum Gasteiger partial charge on any atom is 0.220 e. The number of carbonyl (C=O) groups is 1. The summed E-state index contributed by atoms with van der Waals surface area (Å²) in [5.74, 6) is 1.66. The van der Waals surface area contributed by atoms with Gasteiger partial charge in [-0.25, -0.2) is 0 Å². The van der Waals surface area contributed by atoms with Crippen LogP contribution in [0.2, 0.25) is 0 Å². The van der Waals surface area contributed by atoms with Gasteiger partial charge in [0, 0.05) is 36.6 Å². The predicted octanol–water partition coefficient (Wildman–Crippen LogP) is 4.09. The van der Waals surface area contributed by atoms with Crippen molar-refractivity contribution >= 4 is 5.91 Å². The quantitative estimate of drug-likeness (QED) is 0.758. The molecule has 3 fully saturated rings. The van der Waals surface area contributed by atoms with Crippen LogP contribution in [0.25, 0.3) is 0 Å². The highest BCUT2D eigenvalue weighted by atomic mass is 16.1. The number of piperidine rings is 2. The average Bonchev–Trinajstić information content (AvgIpc) is 2.52. The van der Waals surface area contributed by atoms with Crippen molar-refractivity contribution in [1.29, 1.82) is 0 Å². The van der Waals surface area contributed by atoms with Gasteiger partial charge in [0.25, 0.3) is 0 Å². The highest BCUT2D eigenvalue weighted by Gasteiger charge is 2.38. The molecule has 0 aromatic carbocycles. The molecule has 1 atom stereocenters. The molecule has 0 spiro atoms. The zero-order chi connectivity index (χ0) is 19.5. The van der Waals surface area contributed by atoms with Crippen LogP contribution in [-0.2, 0) is 4.79 Å². The number of carbonyl (C=O) groups excluding carboxylic acids is 1. The predicted molar refractivity (Wildman–Crippen MR) is 113 cm³/mol. The number of nitrogens with zero attached hydrogens (tertiary/aromatic N) is 1. The molecule has 1 amide bonds. The Kier molecular flexibility index (Phi) is 6.89. The largest absolute Gasteiger partial charge is 0.352 e. The van der Waals surface area contributed by atoms with Crippen LogP contribution in [0, 0.1) is 11.8 Å². The van der Waals surface area contributed by atoms with Gasteiger partial charge < -0.3 is 15.5 Å². The Hall–Kier alpha value is -0.610. The molecule has 1 aliphatic carbocycles. The third-order valence-electron chi connectivity index (χ3n) is 6.86. The molecule has 2 saturated heterocycles. The topological polar surface area (TPSA) is 44.4 Å². The third kappa shape index (κ3) is 6.74. The van der Waals surface area contributed by atoms with Crippen LogP contribution in [0.15, 0.2) is 0 Å². The van der Waals surface area contributed by atoms with Crippen LogP contribution < -0.4 is 10.6 Å². The smallest absolute Gasteiger partial charge is 0.220 e. The summed E-state index contributed by atoms with van der Waals surface area (Å²) in [5.41, 5.74) is 0.239. The summed E-state index contributed by atoms with van der Waals surface area (Å²) >= 11 is 0. The summed E-state index contributed by atoms with van der Waals surface area (Å²) in [7, 11) is 0. The fraction of sp³-hybridized carbons (Fsp3) is 0.957. The Morgan fingerprint density at radius 1 is 0.963 bits per heavy atom. The fourth-order valence-electron chi connectivity index (χ4n) is 6.30. The monoisotopic (exact) mass is 377 g/mol. The average molecular weight is 378 g/mol. The molecule has 2 N–H and O–H groups in total. The molecule has 2 aliphatic heterocycles. The molecule has 0 aromatic heterocycles. The van der Waals surface area contributed by atoms with E-state index in [4.69, 9.17) is 0 Å². The van der Waals surface area contributed by atoms with Crippen LogP contribution in [0.3, 0.4) is 0 Å². The molecule has 2 heterocycles. The Bertz CT molecular complexity index is 480. The Labute approximate surface area is 167 Å². The lowest BCUT2D eigenvalue weighted by atomic mass is 9.74. The van der Waals surface area contributed by atoms with Crippen LogP contribution in [-0.4, -0.2) is 47.6 Å². The molecule has 0 bridgehead atoms. The molecule has 3 aliphatic rings. The summed E-state index contributed by atoms with van der Waals surface area (Å²) in [6, 6.07) is 0.359. The molecule has 1 saturated carbocycles. The number of amides is 1. The van der Waals surface area contributed by atoms with E-state index < -0.39 is 0 Å². The molecule has 0 aromatic rings. The van der Waals surface area contributed by atoms with Crippen LogP contribution in [0.5, 0.6) is 0 Å². The van der Waals surface area contributed by atoms with E-state index in [-0.39, 0.29) is 17.0 Å². The molecule has 3 rings (SSSR count). The van der Waals surface area contributed by atoms with Gasteiger partial charge in [-0.05, 0) is 84.6 Å². The highest BCUT2D eigenvalue weighted by Crippen LogP contribution is 2.34. The first-order valence-electron chi connectivity index (χ1n) is 11.5. The van der Waals surface area contributed by atoms with Crippen molar-refractivity contribution in [1.82, 2.24) is 15.5 Å². The van der Waals surface area contributed by atoms with Crippen molar-refractivity contribution in [2.45, 2.75) is 109 Å². The molecule has 4 nitrogen and oxygen atoms in total. The Morgan fingerprint density at radius 3 is 2.30 bits per heavy atom. The van der Waals surface area contributed by atoms with Crippen LogP contribution in [0.1, 0.15) is 91.9 Å². The maximum absolute atomic E-state index is 12.7. The van der Waals surface area contributed by atoms with E-state index in [0.29, 0.717) is 18.4 Å². The summed E-state index contributed by atoms with van der Waals surface area (Å²) in [5, 5.41) is 7.11. The first-order valence-corrected chi connectivity index (χ1v) is 11.5. The van der Waals surface area contributed by atoms with Gasteiger partial charge in [0.15, 0.2) is 0 Å². The minimum Gasteiger partial charge on any atom is -0.352 e. The van der Waals surface area contributed by atoms with Crippen molar-refractivity contribution in [3.05, 3.63) is 0 Å². The van der Waals surface area contributed by atoms with E-state index >= 15 is 0 Å². The second kappa shape index (κ2) is 8.82. The van der Waals surface area contributed by atoms with Gasteiger partial charge in [0.2, 0.25) is 5.91 Å². The van der Waals surface area contributed by atoms with Crippen molar-refractivity contribution in [3.63, 3.8) is 0 Å². The van der Waals surface area contributed by atoms with Gasteiger partial charge in [-0.2, -0.15) is 0 Å². The van der Waals surface area contributed by atoms with Crippen LogP contribution >= 0.6 is 0 Å². The second-order valence-corrected chi connectivity index (χ2v) is 11.0. The van der Waals surface area contributed by atoms with Gasteiger partial charge in [0.1, 0.15) is 0 Å². The molecule has 1 unspecified atom stereocenters. The van der Waals surface area contributed by atoms with E-state index in [9.17, 15) is 4.79 Å². The SMILES string of the molecule is CC1(C)CC(CC(=O)NC2CCCN(CC3CCCCC3)C2)CC(C)(C)N1. The molecular weight excluding hydrogens is 334 g/mol. The van der Waals surface area contributed by atoms with Crippen molar-refractivity contribution in [2.24, 2.45) is 11.8 Å². The number of rotatable bonds is 5. The number of hydrogen-bond donors (Lipinski definition) is 2. The van der Waals surface area contributed by atoms with E-state index in [1.165, 1.54) is 51.6 Å². The van der Waals surface area contributed by atoms with Gasteiger partial charge in [0.05, 0.1) is 0 Å². The van der Waals surface area contributed by atoms with Gasteiger partial charge in [-0.3, -0.25) is 4.79 Å². The van der Waals surface area contributed by atoms with Gasteiger partial charge in [-0.1, -0.05) is 19.3 Å². The van der Waals surface area contributed by atoms with Crippen LogP contribution in [0.4, 0.5) is 0 Å². The number of nitrogens with one attached hydrogen (secondary N) is 2. The maximum atomic E-state index is 12.7. The zero-order valence-corrected chi connectivity index (χ0v) is 18.3. The molecule has 0 radical (unpaired) electrons. The summed E-state index contributed by atoms with van der Waals surface area (Å²) in [6.07, 6.45) is 12.3. The minimum absolute atomic E-state index is 0.119. The molecule has 4 heteroatoms. The lowest BCUT2D eigenvalue weighted by Crippen LogP contribution is -2.58. The van der Waals surface area contributed by atoms with Crippen molar-refractivity contribution < 1.29 is 4.79 Å². The molecule has 27 heavy (non-hydrogen) atoms. The number of likely N-dealkylation sites (tertiary alicyclic amines) is 1. The molecule has 156 valence electrons. The van der Waals surface area contributed by atoms with E-state index in [0.717, 1.165) is 31.7 Å². The highest BCUT2D eigenvalue weighted by molar-refractivity contribution is 5.76.